The van der Waals surface area contributed by atoms with E-state index in [0.29, 0.717) is 22.3 Å². The van der Waals surface area contributed by atoms with Crippen LogP contribution in [0.4, 0.5) is 0 Å². The molecule has 1 atom stereocenters. The van der Waals surface area contributed by atoms with Gasteiger partial charge in [0, 0.05) is 17.5 Å². The number of amidine groups is 1. The number of aliphatic carboxylic acids is 1. The number of carboxylic acid groups (broad SMARTS) is 1. The Labute approximate surface area is 197 Å². The molecule has 0 aromatic heterocycles. The Morgan fingerprint density at radius 1 is 0.971 bits per heavy atom. The van der Waals surface area contributed by atoms with E-state index in [1.165, 1.54) is 43.3 Å². The van der Waals surface area contributed by atoms with Gasteiger partial charge in [0.05, 0.1) is 4.90 Å². The molecule has 1 amide bonds. The third-order valence-electron chi connectivity index (χ3n) is 5.33. The normalized spacial score (nSPS) is 13.1. The van der Waals surface area contributed by atoms with Gasteiger partial charge in [-0.15, -0.1) is 0 Å². The molecule has 0 saturated carbocycles. The fourth-order valence-electron chi connectivity index (χ4n) is 3.50. The number of hydrogen-bond acceptors (Lipinski definition) is 5. The summed E-state index contributed by atoms with van der Waals surface area (Å²) in [4.78, 5) is 24.0. The Bertz CT molecular complexity index is 1360. The lowest BCUT2D eigenvalue weighted by Crippen LogP contribution is -2.53. The summed E-state index contributed by atoms with van der Waals surface area (Å²) < 4.78 is 28.1. The predicted octanol–water partition coefficient (Wildman–Crippen LogP) is 2.10. The van der Waals surface area contributed by atoms with Gasteiger partial charge in [-0.05, 0) is 47.9 Å². The molecule has 0 bridgehead atoms. The minimum absolute atomic E-state index is 0.0755. The smallest absolute Gasteiger partial charge is 0.324 e. The van der Waals surface area contributed by atoms with Crippen molar-refractivity contribution in [3.63, 3.8) is 0 Å². The molecule has 0 spiro atoms. The van der Waals surface area contributed by atoms with E-state index in [2.05, 4.69) is 4.72 Å². The molecule has 7 N–H and O–H groups in total. The molecule has 0 heterocycles. The molecule has 9 nitrogen and oxygen atoms in total. The Kier molecular flexibility index (Phi) is 6.85. The van der Waals surface area contributed by atoms with Crippen molar-refractivity contribution in [2.75, 3.05) is 0 Å². The number of nitrogens with two attached hydrogens (primary N) is 2. The van der Waals surface area contributed by atoms with Crippen molar-refractivity contribution >= 4 is 27.7 Å². The van der Waals surface area contributed by atoms with Crippen molar-refractivity contribution in [2.45, 2.75) is 23.8 Å². The Morgan fingerprint density at radius 3 is 2.09 bits per heavy atom. The van der Waals surface area contributed by atoms with Crippen molar-refractivity contribution in [3.05, 3.63) is 89.5 Å². The molecule has 176 valence electrons. The largest absolute Gasteiger partial charge is 0.480 e. The topological polar surface area (TPSA) is 176 Å². The molecule has 0 aliphatic carbocycles. The summed E-state index contributed by atoms with van der Waals surface area (Å²) in [5, 5.41) is 17.5. The van der Waals surface area contributed by atoms with E-state index < -0.39 is 27.4 Å². The van der Waals surface area contributed by atoms with Crippen LogP contribution in [0.2, 0.25) is 0 Å². The highest BCUT2D eigenvalue weighted by molar-refractivity contribution is 7.89. The molecule has 3 rings (SSSR count). The Balaban J connectivity index is 2.08. The quantitative estimate of drug-likeness (QED) is 0.231. The zero-order chi connectivity index (χ0) is 25.1. The number of primary amides is 1. The molecule has 0 fully saturated rings. The van der Waals surface area contributed by atoms with Gasteiger partial charge in [-0.2, -0.15) is 4.72 Å². The van der Waals surface area contributed by atoms with Gasteiger partial charge >= 0.3 is 5.97 Å². The van der Waals surface area contributed by atoms with Crippen LogP contribution in [0.25, 0.3) is 11.1 Å². The fraction of sp³-hybridized carbons (Fsp3) is 0.125. The van der Waals surface area contributed by atoms with Gasteiger partial charge in [0.25, 0.3) is 0 Å². The van der Waals surface area contributed by atoms with Crippen molar-refractivity contribution < 1.29 is 23.1 Å². The average molecular weight is 481 g/mol. The minimum Gasteiger partial charge on any atom is -0.480 e. The number of nitrogen functional groups attached to an aromatic ring is 1. The maximum absolute atomic E-state index is 12.9. The molecule has 0 radical (unpaired) electrons. The molecule has 0 aliphatic rings. The van der Waals surface area contributed by atoms with Gasteiger partial charge < -0.3 is 16.6 Å². The molecule has 3 aromatic rings. The lowest BCUT2D eigenvalue weighted by molar-refractivity contribution is -0.143. The first kappa shape index (κ1) is 24.6. The number of sulfonamides is 1. The minimum atomic E-state index is -4.16. The van der Waals surface area contributed by atoms with Crippen LogP contribution in [0.1, 0.15) is 28.4 Å². The fourth-order valence-corrected chi connectivity index (χ4v) is 4.88. The predicted molar refractivity (Wildman–Crippen MR) is 128 cm³/mol. The second kappa shape index (κ2) is 9.46. The van der Waals surface area contributed by atoms with Crippen molar-refractivity contribution in [1.29, 1.82) is 5.41 Å². The zero-order valence-corrected chi connectivity index (χ0v) is 19.1. The van der Waals surface area contributed by atoms with E-state index in [1.807, 2.05) is 0 Å². The van der Waals surface area contributed by atoms with Gasteiger partial charge in [-0.1, -0.05) is 48.5 Å². The SMILES string of the molecule is C[C@@](Cc1cc(C(N)=O)ccc1-c1ccc(C(=N)N)cc1)(NS(=O)(=O)c1ccccc1)C(=O)O. The van der Waals surface area contributed by atoms with Crippen LogP contribution in [0.15, 0.2) is 77.7 Å². The van der Waals surface area contributed by atoms with Crippen LogP contribution in [0.3, 0.4) is 0 Å². The average Bonchev–Trinajstić information content (AvgIpc) is 2.79. The summed E-state index contributed by atoms with van der Waals surface area (Å²) in [6.07, 6.45) is -0.278. The monoisotopic (exact) mass is 480 g/mol. The van der Waals surface area contributed by atoms with Gasteiger partial charge in [-0.25, -0.2) is 8.42 Å². The first-order valence-electron chi connectivity index (χ1n) is 10.1. The van der Waals surface area contributed by atoms with E-state index >= 15 is 0 Å². The molecular formula is C24H24N4O5S. The molecule has 0 saturated heterocycles. The first-order chi connectivity index (χ1) is 15.9. The molecule has 3 aromatic carbocycles. The summed E-state index contributed by atoms with van der Waals surface area (Å²) in [5.74, 6) is -2.21. The van der Waals surface area contributed by atoms with Crippen LogP contribution < -0.4 is 16.2 Å². The Morgan fingerprint density at radius 2 is 1.56 bits per heavy atom. The van der Waals surface area contributed by atoms with Gasteiger partial charge in [0.1, 0.15) is 11.4 Å². The first-order valence-corrected chi connectivity index (χ1v) is 11.6. The summed E-state index contributed by atoms with van der Waals surface area (Å²) in [7, 11) is -4.16. The lowest BCUT2D eigenvalue weighted by atomic mass is 9.87. The van der Waals surface area contributed by atoms with E-state index in [-0.39, 0.29) is 22.7 Å². The van der Waals surface area contributed by atoms with Crippen LogP contribution in [-0.2, 0) is 21.2 Å². The number of amides is 1. The highest BCUT2D eigenvalue weighted by atomic mass is 32.2. The number of carbonyl (C=O) groups excluding carboxylic acids is 1. The van der Waals surface area contributed by atoms with E-state index in [0.717, 1.165) is 0 Å². The van der Waals surface area contributed by atoms with E-state index in [9.17, 15) is 23.1 Å². The summed E-state index contributed by atoms with van der Waals surface area (Å²) in [6, 6.07) is 18.7. The maximum Gasteiger partial charge on any atom is 0.324 e. The Hall–Kier alpha value is -4.02. The summed E-state index contributed by atoms with van der Waals surface area (Å²) in [5.41, 5.74) is 11.3. The van der Waals surface area contributed by atoms with Crippen LogP contribution in [0.5, 0.6) is 0 Å². The number of carboxylic acids is 1. The second-order valence-electron chi connectivity index (χ2n) is 7.96. The van der Waals surface area contributed by atoms with Gasteiger partial charge in [-0.3, -0.25) is 15.0 Å². The second-order valence-corrected chi connectivity index (χ2v) is 9.64. The lowest BCUT2D eigenvalue weighted by Gasteiger charge is -2.27. The van der Waals surface area contributed by atoms with E-state index in [4.69, 9.17) is 16.9 Å². The van der Waals surface area contributed by atoms with Crippen molar-refractivity contribution in [3.8, 4) is 11.1 Å². The van der Waals surface area contributed by atoms with E-state index in [1.54, 1.807) is 36.4 Å². The maximum atomic E-state index is 12.9. The molecule has 10 heteroatoms. The number of hydrogen-bond donors (Lipinski definition) is 5. The molecule has 0 unspecified atom stereocenters. The molecule has 0 aliphatic heterocycles. The number of benzene rings is 3. The van der Waals surface area contributed by atoms with Gasteiger partial charge in [0.2, 0.25) is 15.9 Å². The third-order valence-corrected chi connectivity index (χ3v) is 6.94. The standard InChI is InChI=1S/C24H24N4O5S/c1-24(23(30)31,28-34(32,33)19-5-3-2-4-6-19)14-18-13-17(22(27)29)11-12-20(18)15-7-9-16(10-8-15)21(25)26/h2-13,28H,14H2,1H3,(H3,25,26)(H2,27,29)(H,30,31)/t24-/m0/s1. The highest BCUT2D eigenvalue weighted by Gasteiger charge is 2.39. The van der Waals surface area contributed by atoms with Gasteiger partial charge in [0.15, 0.2) is 0 Å². The molecular weight excluding hydrogens is 456 g/mol. The summed E-state index contributed by atoms with van der Waals surface area (Å²) >= 11 is 0. The number of carbonyl (C=O) groups is 2. The van der Waals surface area contributed by atoms with Crippen molar-refractivity contribution in [2.24, 2.45) is 11.5 Å². The summed E-state index contributed by atoms with van der Waals surface area (Å²) in [6.45, 7) is 1.26. The van der Waals surface area contributed by atoms with Crippen LogP contribution in [-0.4, -0.2) is 36.8 Å². The van der Waals surface area contributed by atoms with Crippen molar-refractivity contribution in [1.82, 2.24) is 4.72 Å². The molecule has 34 heavy (non-hydrogen) atoms. The zero-order valence-electron chi connectivity index (χ0n) is 18.3. The third kappa shape index (κ3) is 5.30. The number of rotatable bonds is 9. The number of nitrogens with one attached hydrogen (secondary N) is 2. The van der Waals surface area contributed by atoms with Crippen LogP contribution >= 0.6 is 0 Å². The van der Waals surface area contributed by atoms with Crippen LogP contribution in [0, 0.1) is 5.41 Å². The highest BCUT2D eigenvalue weighted by Crippen LogP contribution is 2.29.